The van der Waals surface area contributed by atoms with E-state index in [4.69, 9.17) is 0 Å². The van der Waals surface area contributed by atoms with Crippen LogP contribution < -0.4 is 10.6 Å². The van der Waals surface area contributed by atoms with Crippen LogP contribution in [0.3, 0.4) is 0 Å². The van der Waals surface area contributed by atoms with Crippen LogP contribution in [0.25, 0.3) is 0 Å². The average molecular weight is 280 g/mol. The minimum Gasteiger partial charge on any atom is -0.395 e. The maximum absolute atomic E-state index is 12.2. The van der Waals surface area contributed by atoms with Gasteiger partial charge in [-0.3, -0.25) is 4.79 Å². The second-order valence-corrected chi connectivity index (χ2v) is 5.88. The first-order valence-corrected chi connectivity index (χ1v) is 7.71. The van der Waals surface area contributed by atoms with Crippen molar-refractivity contribution in [3.05, 3.63) is 34.9 Å². The van der Waals surface area contributed by atoms with Crippen molar-refractivity contribution in [1.29, 1.82) is 0 Å². The molecule has 2 rings (SSSR count). The van der Waals surface area contributed by atoms with Gasteiger partial charge in [0.25, 0.3) is 5.91 Å². The Bertz CT molecular complexity index is 461. The van der Waals surface area contributed by atoms with E-state index in [1.54, 1.807) is 11.8 Å². The Hall–Kier alpha value is -1.04. The Labute approximate surface area is 118 Å². The normalized spacial score (nSPS) is 16.8. The molecule has 19 heavy (non-hydrogen) atoms. The molecule has 2 atom stereocenters. The number of aliphatic hydroxyl groups excluding tert-OH is 1. The monoisotopic (exact) mass is 280 g/mol. The van der Waals surface area contributed by atoms with Crippen LogP contribution in [0.4, 0.5) is 0 Å². The van der Waals surface area contributed by atoms with Crippen LogP contribution >= 0.6 is 11.8 Å². The van der Waals surface area contributed by atoms with Crippen LogP contribution in [0.1, 0.15) is 28.4 Å². The first-order chi connectivity index (χ1) is 9.15. The molecule has 1 aliphatic rings. The largest absolute Gasteiger partial charge is 0.395 e. The molecule has 2 unspecified atom stereocenters. The third kappa shape index (κ3) is 3.29. The summed E-state index contributed by atoms with van der Waals surface area (Å²) in [6.45, 7) is 3.70. The highest BCUT2D eigenvalue weighted by Gasteiger charge is 2.19. The maximum atomic E-state index is 12.2. The number of amides is 1. The SMILES string of the molecule is CSC(CO)C(C)NC(=O)c1ccc2c(c1)CNC2. The number of hydrogen-bond donors (Lipinski definition) is 3. The number of rotatable bonds is 5. The van der Waals surface area contributed by atoms with Crippen LogP contribution in [-0.4, -0.2) is 35.2 Å². The van der Waals surface area contributed by atoms with Gasteiger partial charge in [-0.15, -0.1) is 0 Å². The lowest BCUT2D eigenvalue weighted by Crippen LogP contribution is -2.41. The van der Waals surface area contributed by atoms with E-state index in [9.17, 15) is 9.90 Å². The van der Waals surface area contributed by atoms with E-state index in [1.807, 2.05) is 31.4 Å². The van der Waals surface area contributed by atoms with Gasteiger partial charge in [-0.25, -0.2) is 0 Å². The number of nitrogens with one attached hydrogen (secondary N) is 2. The van der Waals surface area contributed by atoms with Gasteiger partial charge in [0.15, 0.2) is 0 Å². The Morgan fingerprint density at radius 1 is 1.47 bits per heavy atom. The van der Waals surface area contributed by atoms with Gasteiger partial charge in [0.2, 0.25) is 0 Å². The lowest BCUT2D eigenvalue weighted by molar-refractivity contribution is 0.0936. The Kier molecular flexibility index (Phi) is 4.85. The molecular weight excluding hydrogens is 260 g/mol. The van der Waals surface area contributed by atoms with Crippen LogP contribution in [-0.2, 0) is 13.1 Å². The second-order valence-electron chi connectivity index (χ2n) is 4.81. The smallest absolute Gasteiger partial charge is 0.251 e. The zero-order valence-electron chi connectivity index (χ0n) is 11.3. The molecule has 0 radical (unpaired) electrons. The molecule has 1 heterocycles. The van der Waals surface area contributed by atoms with Crippen molar-refractivity contribution >= 4 is 17.7 Å². The summed E-state index contributed by atoms with van der Waals surface area (Å²) in [4.78, 5) is 12.2. The molecule has 5 heteroatoms. The summed E-state index contributed by atoms with van der Waals surface area (Å²) >= 11 is 1.56. The summed E-state index contributed by atoms with van der Waals surface area (Å²) in [5, 5.41) is 15.5. The molecule has 4 nitrogen and oxygen atoms in total. The third-order valence-corrected chi connectivity index (χ3v) is 4.66. The fourth-order valence-electron chi connectivity index (χ4n) is 2.26. The van der Waals surface area contributed by atoms with Crippen molar-refractivity contribution in [1.82, 2.24) is 10.6 Å². The number of carbonyl (C=O) groups excluding carboxylic acids is 1. The van der Waals surface area contributed by atoms with E-state index in [0.29, 0.717) is 5.56 Å². The van der Waals surface area contributed by atoms with Crippen LogP contribution in [0.2, 0.25) is 0 Å². The Morgan fingerprint density at radius 3 is 2.89 bits per heavy atom. The maximum Gasteiger partial charge on any atom is 0.251 e. The molecule has 0 bridgehead atoms. The fraction of sp³-hybridized carbons (Fsp3) is 0.500. The molecule has 0 fully saturated rings. The highest BCUT2D eigenvalue weighted by molar-refractivity contribution is 7.99. The summed E-state index contributed by atoms with van der Waals surface area (Å²) in [6.07, 6.45) is 1.94. The van der Waals surface area contributed by atoms with Crippen LogP contribution in [0.15, 0.2) is 18.2 Å². The molecule has 0 saturated carbocycles. The van der Waals surface area contributed by atoms with Gasteiger partial charge in [-0.05, 0) is 36.4 Å². The van der Waals surface area contributed by atoms with Crippen LogP contribution in [0.5, 0.6) is 0 Å². The predicted octanol–water partition coefficient (Wildman–Crippen LogP) is 1.13. The summed E-state index contributed by atoms with van der Waals surface area (Å²) in [7, 11) is 0. The van der Waals surface area contributed by atoms with Gasteiger partial charge in [-0.1, -0.05) is 6.07 Å². The quantitative estimate of drug-likeness (QED) is 0.757. The molecule has 1 aromatic rings. The van der Waals surface area contributed by atoms with Gasteiger partial charge in [0, 0.05) is 29.9 Å². The van der Waals surface area contributed by atoms with E-state index in [0.717, 1.165) is 13.1 Å². The fourth-order valence-corrected chi connectivity index (χ4v) is 2.88. The number of thioether (sulfide) groups is 1. The van der Waals surface area contributed by atoms with Gasteiger partial charge < -0.3 is 15.7 Å². The molecule has 0 aromatic heterocycles. The molecule has 1 aliphatic heterocycles. The number of fused-ring (bicyclic) bond motifs is 1. The molecule has 0 spiro atoms. The number of benzene rings is 1. The minimum atomic E-state index is -0.0744. The van der Waals surface area contributed by atoms with Crippen molar-refractivity contribution in [3.8, 4) is 0 Å². The van der Waals surface area contributed by atoms with Crippen molar-refractivity contribution in [3.63, 3.8) is 0 Å². The number of aliphatic hydroxyl groups is 1. The lowest BCUT2D eigenvalue weighted by atomic mass is 10.1. The topological polar surface area (TPSA) is 61.4 Å². The second kappa shape index (κ2) is 6.41. The molecular formula is C14H20N2O2S. The van der Waals surface area contributed by atoms with Crippen molar-refractivity contribution < 1.29 is 9.90 Å². The molecule has 0 aliphatic carbocycles. The van der Waals surface area contributed by atoms with Crippen molar-refractivity contribution in [2.75, 3.05) is 12.9 Å². The summed E-state index contributed by atoms with van der Waals surface area (Å²) < 4.78 is 0. The first kappa shape index (κ1) is 14.4. The first-order valence-electron chi connectivity index (χ1n) is 6.42. The van der Waals surface area contributed by atoms with Crippen molar-refractivity contribution in [2.24, 2.45) is 0 Å². The molecule has 1 amide bonds. The van der Waals surface area contributed by atoms with E-state index in [1.165, 1.54) is 11.1 Å². The molecule has 1 aromatic carbocycles. The number of carbonyl (C=O) groups is 1. The van der Waals surface area contributed by atoms with E-state index < -0.39 is 0 Å². The summed E-state index contributed by atoms with van der Waals surface area (Å²) in [5.41, 5.74) is 3.15. The van der Waals surface area contributed by atoms with Gasteiger partial charge in [0.1, 0.15) is 0 Å². The predicted molar refractivity (Wildman–Crippen MR) is 78.3 cm³/mol. The lowest BCUT2D eigenvalue weighted by Gasteiger charge is -2.21. The van der Waals surface area contributed by atoms with E-state index >= 15 is 0 Å². The Morgan fingerprint density at radius 2 is 2.21 bits per heavy atom. The van der Waals surface area contributed by atoms with Gasteiger partial charge >= 0.3 is 0 Å². The average Bonchev–Trinajstić information content (AvgIpc) is 2.87. The van der Waals surface area contributed by atoms with Gasteiger partial charge in [0.05, 0.1) is 6.61 Å². The highest BCUT2D eigenvalue weighted by atomic mass is 32.2. The van der Waals surface area contributed by atoms with E-state index in [2.05, 4.69) is 10.6 Å². The highest BCUT2D eigenvalue weighted by Crippen LogP contribution is 2.17. The third-order valence-electron chi connectivity index (χ3n) is 3.50. The Balaban J connectivity index is 2.04. The zero-order valence-corrected chi connectivity index (χ0v) is 12.1. The summed E-state index contributed by atoms with van der Waals surface area (Å²) in [6, 6.07) is 5.76. The molecule has 104 valence electrons. The minimum absolute atomic E-state index is 0.0278. The zero-order chi connectivity index (χ0) is 13.8. The summed E-state index contributed by atoms with van der Waals surface area (Å²) in [5.74, 6) is -0.0744. The van der Waals surface area contributed by atoms with Gasteiger partial charge in [-0.2, -0.15) is 11.8 Å². The van der Waals surface area contributed by atoms with Crippen LogP contribution in [0, 0.1) is 0 Å². The number of hydrogen-bond acceptors (Lipinski definition) is 4. The standard InChI is InChI=1S/C14H20N2O2S/c1-9(13(8-17)19-2)16-14(18)10-3-4-11-6-15-7-12(11)5-10/h3-5,9,13,15,17H,6-8H2,1-2H3,(H,16,18). The van der Waals surface area contributed by atoms with E-state index in [-0.39, 0.29) is 23.8 Å². The molecule has 3 N–H and O–H groups in total. The molecule has 0 saturated heterocycles. The van der Waals surface area contributed by atoms with Crippen molar-refractivity contribution in [2.45, 2.75) is 31.3 Å².